The molecule has 2 aromatic rings. The Balaban J connectivity index is 2.66. The van der Waals surface area contributed by atoms with Crippen LogP contribution in [0.4, 0.5) is 0 Å². The molecule has 0 amide bonds. The molecule has 0 aliphatic heterocycles. The first-order valence-corrected chi connectivity index (χ1v) is 6.85. The Morgan fingerprint density at radius 3 is 2.20 bits per heavy atom. The molecule has 0 atom stereocenters. The number of rotatable bonds is 3. The lowest BCUT2D eigenvalue weighted by Gasteiger charge is -2.13. The quantitative estimate of drug-likeness (QED) is 0.758. The number of methoxy groups -OCH3 is 1. The van der Waals surface area contributed by atoms with E-state index in [1.165, 1.54) is 0 Å². The molecule has 0 saturated heterocycles. The number of aryl methyl sites for hydroxylation is 2. The van der Waals surface area contributed by atoms with Gasteiger partial charge in [-0.3, -0.25) is 4.79 Å². The SMILES string of the molecule is COc1cc(C)cc(C)c1C(=O)c1c(Cl)cccc1Cl. The Kier molecular flexibility index (Phi) is 4.36. The molecule has 0 heterocycles. The van der Waals surface area contributed by atoms with E-state index in [2.05, 4.69) is 0 Å². The van der Waals surface area contributed by atoms with Crippen molar-refractivity contribution in [3.8, 4) is 5.75 Å². The molecule has 2 rings (SSSR count). The first-order chi connectivity index (χ1) is 9.45. The molecular formula is C16H14Cl2O2. The van der Waals surface area contributed by atoms with Crippen LogP contribution < -0.4 is 4.74 Å². The van der Waals surface area contributed by atoms with Gasteiger partial charge < -0.3 is 4.74 Å². The summed E-state index contributed by atoms with van der Waals surface area (Å²) in [6.45, 7) is 3.82. The van der Waals surface area contributed by atoms with Crippen molar-refractivity contribution in [3.05, 3.63) is 62.6 Å². The van der Waals surface area contributed by atoms with Gasteiger partial charge in [0.1, 0.15) is 5.75 Å². The standard InChI is InChI=1S/C16H14Cl2O2/c1-9-7-10(2)14(13(8-9)20-3)16(19)15-11(17)5-4-6-12(15)18/h4-8H,1-3H3. The van der Waals surface area contributed by atoms with E-state index >= 15 is 0 Å². The van der Waals surface area contributed by atoms with Gasteiger partial charge in [0.15, 0.2) is 5.78 Å². The van der Waals surface area contributed by atoms with Crippen LogP contribution in [-0.2, 0) is 0 Å². The topological polar surface area (TPSA) is 26.3 Å². The van der Waals surface area contributed by atoms with Crippen LogP contribution in [0.3, 0.4) is 0 Å². The van der Waals surface area contributed by atoms with Gasteiger partial charge in [0.25, 0.3) is 0 Å². The average Bonchev–Trinajstić information content (AvgIpc) is 2.37. The minimum Gasteiger partial charge on any atom is -0.496 e. The summed E-state index contributed by atoms with van der Waals surface area (Å²) >= 11 is 12.2. The van der Waals surface area contributed by atoms with E-state index in [0.717, 1.165) is 11.1 Å². The lowest BCUT2D eigenvalue weighted by atomic mass is 9.96. The first kappa shape index (κ1) is 14.9. The van der Waals surface area contributed by atoms with Crippen molar-refractivity contribution in [2.24, 2.45) is 0 Å². The molecule has 0 radical (unpaired) electrons. The molecule has 0 unspecified atom stereocenters. The number of hydrogen-bond acceptors (Lipinski definition) is 2. The van der Waals surface area contributed by atoms with E-state index in [1.54, 1.807) is 25.3 Å². The number of carbonyl (C=O) groups excluding carboxylic acids is 1. The lowest BCUT2D eigenvalue weighted by Crippen LogP contribution is -2.08. The van der Waals surface area contributed by atoms with E-state index in [-0.39, 0.29) is 5.78 Å². The molecule has 0 fully saturated rings. The number of halogens is 2. The number of hydrogen-bond donors (Lipinski definition) is 0. The third-order valence-electron chi connectivity index (χ3n) is 3.08. The maximum absolute atomic E-state index is 12.8. The van der Waals surface area contributed by atoms with Crippen molar-refractivity contribution in [2.75, 3.05) is 7.11 Å². The fourth-order valence-corrected chi connectivity index (χ4v) is 2.79. The van der Waals surface area contributed by atoms with Crippen molar-refractivity contribution >= 4 is 29.0 Å². The molecular weight excluding hydrogens is 295 g/mol. The van der Waals surface area contributed by atoms with E-state index in [0.29, 0.717) is 26.9 Å². The molecule has 20 heavy (non-hydrogen) atoms. The zero-order valence-corrected chi connectivity index (χ0v) is 13.0. The summed E-state index contributed by atoms with van der Waals surface area (Å²) in [7, 11) is 1.54. The summed E-state index contributed by atoms with van der Waals surface area (Å²) in [5.74, 6) is 0.304. The van der Waals surface area contributed by atoms with Crippen molar-refractivity contribution in [2.45, 2.75) is 13.8 Å². The van der Waals surface area contributed by atoms with Crippen molar-refractivity contribution < 1.29 is 9.53 Å². The van der Waals surface area contributed by atoms with Gasteiger partial charge in [-0.05, 0) is 43.2 Å². The normalized spacial score (nSPS) is 10.4. The number of ether oxygens (including phenoxy) is 1. The summed E-state index contributed by atoms with van der Waals surface area (Å²) in [4.78, 5) is 12.8. The highest BCUT2D eigenvalue weighted by Crippen LogP contribution is 2.32. The predicted molar refractivity (Wildman–Crippen MR) is 82.4 cm³/mol. The van der Waals surface area contributed by atoms with Gasteiger partial charge >= 0.3 is 0 Å². The van der Waals surface area contributed by atoms with Gasteiger partial charge in [-0.1, -0.05) is 35.3 Å². The number of benzene rings is 2. The van der Waals surface area contributed by atoms with E-state index < -0.39 is 0 Å². The average molecular weight is 309 g/mol. The van der Waals surface area contributed by atoms with Gasteiger partial charge in [-0.25, -0.2) is 0 Å². The fourth-order valence-electron chi connectivity index (χ4n) is 2.22. The van der Waals surface area contributed by atoms with Gasteiger partial charge in [-0.15, -0.1) is 0 Å². The van der Waals surface area contributed by atoms with Crippen LogP contribution in [0.5, 0.6) is 5.75 Å². The second-order valence-corrected chi connectivity index (χ2v) is 5.40. The van der Waals surface area contributed by atoms with Crippen molar-refractivity contribution in [1.82, 2.24) is 0 Å². The molecule has 0 aliphatic carbocycles. The highest BCUT2D eigenvalue weighted by molar-refractivity contribution is 6.41. The summed E-state index contributed by atoms with van der Waals surface area (Å²) in [5.41, 5.74) is 2.66. The molecule has 4 heteroatoms. The highest BCUT2D eigenvalue weighted by Gasteiger charge is 2.22. The number of carbonyl (C=O) groups is 1. The maximum atomic E-state index is 12.8. The number of ketones is 1. The van der Waals surface area contributed by atoms with Crippen LogP contribution in [0.2, 0.25) is 10.0 Å². The smallest absolute Gasteiger partial charge is 0.200 e. The maximum Gasteiger partial charge on any atom is 0.200 e. The zero-order valence-electron chi connectivity index (χ0n) is 11.5. The van der Waals surface area contributed by atoms with E-state index in [9.17, 15) is 4.79 Å². The van der Waals surface area contributed by atoms with Crippen LogP contribution in [0.15, 0.2) is 30.3 Å². The third-order valence-corrected chi connectivity index (χ3v) is 3.71. The van der Waals surface area contributed by atoms with Gasteiger partial charge in [0, 0.05) is 0 Å². The first-order valence-electron chi connectivity index (χ1n) is 6.09. The molecule has 0 saturated carbocycles. The van der Waals surface area contributed by atoms with Crippen LogP contribution >= 0.6 is 23.2 Å². The molecule has 104 valence electrons. The molecule has 0 bridgehead atoms. The zero-order chi connectivity index (χ0) is 14.9. The largest absolute Gasteiger partial charge is 0.496 e. The van der Waals surface area contributed by atoms with Crippen LogP contribution in [0.1, 0.15) is 27.0 Å². The molecule has 2 nitrogen and oxygen atoms in total. The van der Waals surface area contributed by atoms with Gasteiger partial charge in [0.2, 0.25) is 0 Å². The molecule has 0 spiro atoms. The summed E-state index contributed by atoms with van der Waals surface area (Å²) in [6.07, 6.45) is 0. The Bertz CT molecular complexity index is 658. The van der Waals surface area contributed by atoms with E-state index in [4.69, 9.17) is 27.9 Å². The van der Waals surface area contributed by atoms with Crippen molar-refractivity contribution in [3.63, 3.8) is 0 Å². The van der Waals surface area contributed by atoms with Gasteiger partial charge in [-0.2, -0.15) is 0 Å². The molecule has 2 aromatic carbocycles. The monoisotopic (exact) mass is 308 g/mol. The molecule has 0 aromatic heterocycles. The van der Waals surface area contributed by atoms with Crippen LogP contribution in [-0.4, -0.2) is 12.9 Å². The van der Waals surface area contributed by atoms with Crippen molar-refractivity contribution in [1.29, 1.82) is 0 Å². The highest BCUT2D eigenvalue weighted by atomic mass is 35.5. The van der Waals surface area contributed by atoms with Gasteiger partial charge in [0.05, 0.1) is 28.3 Å². The lowest BCUT2D eigenvalue weighted by molar-refractivity contribution is 0.103. The Morgan fingerprint density at radius 2 is 1.65 bits per heavy atom. The fraction of sp³-hybridized carbons (Fsp3) is 0.188. The second-order valence-electron chi connectivity index (χ2n) is 4.58. The Hall–Kier alpha value is -1.51. The van der Waals surface area contributed by atoms with Crippen LogP contribution in [0, 0.1) is 13.8 Å². The minimum atomic E-state index is -0.227. The summed E-state index contributed by atoms with van der Waals surface area (Å²) in [6, 6.07) is 8.76. The summed E-state index contributed by atoms with van der Waals surface area (Å²) in [5, 5.41) is 0.675. The Labute approximate surface area is 128 Å². The Morgan fingerprint density at radius 1 is 1.05 bits per heavy atom. The molecule has 0 N–H and O–H groups in total. The van der Waals surface area contributed by atoms with E-state index in [1.807, 2.05) is 26.0 Å². The predicted octanol–water partition coefficient (Wildman–Crippen LogP) is 4.85. The second kappa shape index (κ2) is 5.86. The third kappa shape index (κ3) is 2.67. The minimum absolute atomic E-state index is 0.227. The van der Waals surface area contributed by atoms with Crippen LogP contribution in [0.25, 0.3) is 0 Å². The summed E-state index contributed by atoms with van der Waals surface area (Å²) < 4.78 is 5.32. The molecule has 0 aliphatic rings.